The minimum atomic E-state index is -0.566. The Labute approximate surface area is 165 Å². The van der Waals surface area contributed by atoms with E-state index >= 15 is 0 Å². The van der Waals surface area contributed by atoms with Gasteiger partial charge in [-0.2, -0.15) is 0 Å². The van der Waals surface area contributed by atoms with Crippen LogP contribution in [0.2, 0.25) is 0 Å². The van der Waals surface area contributed by atoms with Crippen LogP contribution in [-0.2, 0) is 0 Å². The van der Waals surface area contributed by atoms with E-state index in [1.54, 1.807) is 0 Å². The second-order valence-corrected chi connectivity index (χ2v) is 7.74. The number of halogens is 1. The molecule has 2 rings (SSSR count). The van der Waals surface area contributed by atoms with E-state index in [1.807, 2.05) is 0 Å². The van der Waals surface area contributed by atoms with E-state index in [0.717, 1.165) is 44.1 Å². The first kappa shape index (κ1) is 22.0. The van der Waals surface area contributed by atoms with Crippen LogP contribution in [0.3, 0.4) is 0 Å². The van der Waals surface area contributed by atoms with Gasteiger partial charge in [-0.25, -0.2) is 0 Å². The molecule has 0 amide bonds. The molecule has 6 heteroatoms. The molecule has 0 spiro atoms. The van der Waals surface area contributed by atoms with Crippen molar-refractivity contribution in [3.05, 3.63) is 0 Å². The molecule has 0 radical (unpaired) electrons. The van der Waals surface area contributed by atoms with E-state index in [0.29, 0.717) is 12.6 Å². The standard InChI is InChI=1S/C18H36N4O.HI/c1-4-19-17(20-14-18(23)9-5-6-10-18)21-16-7-11-22(12-8-16)13-15(2)3;/h15-16,23H,4-14H2,1-3H3,(H2,19,20,21);1H. The highest BCUT2D eigenvalue weighted by Crippen LogP contribution is 2.29. The number of nitrogens with one attached hydrogen (secondary N) is 2. The third kappa shape index (κ3) is 7.44. The summed E-state index contributed by atoms with van der Waals surface area (Å²) in [6.45, 7) is 11.6. The summed E-state index contributed by atoms with van der Waals surface area (Å²) in [4.78, 5) is 7.22. The third-order valence-corrected chi connectivity index (χ3v) is 4.96. The largest absolute Gasteiger partial charge is 0.388 e. The van der Waals surface area contributed by atoms with E-state index in [9.17, 15) is 5.11 Å². The minimum Gasteiger partial charge on any atom is -0.388 e. The number of aliphatic imine (C=N–C) groups is 1. The van der Waals surface area contributed by atoms with Gasteiger partial charge in [0.15, 0.2) is 5.96 Å². The normalized spacial score (nSPS) is 22.5. The van der Waals surface area contributed by atoms with Gasteiger partial charge in [-0.1, -0.05) is 26.7 Å². The van der Waals surface area contributed by atoms with Crippen molar-refractivity contribution in [3.63, 3.8) is 0 Å². The predicted molar refractivity (Wildman–Crippen MR) is 112 cm³/mol. The van der Waals surface area contributed by atoms with Gasteiger partial charge < -0.3 is 20.6 Å². The molecular formula is C18H37IN4O. The number of nitrogens with zero attached hydrogens (tertiary/aromatic N) is 2. The van der Waals surface area contributed by atoms with E-state index in [1.165, 1.54) is 32.5 Å². The van der Waals surface area contributed by atoms with Gasteiger partial charge in [-0.15, -0.1) is 24.0 Å². The minimum absolute atomic E-state index is 0. The van der Waals surface area contributed by atoms with Crippen LogP contribution < -0.4 is 10.6 Å². The Morgan fingerprint density at radius 2 is 1.88 bits per heavy atom. The van der Waals surface area contributed by atoms with Gasteiger partial charge in [-0.3, -0.25) is 4.99 Å². The van der Waals surface area contributed by atoms with Gasteiger partial charge in [0.05, 0.1) is 12.1 Å². The summed E-state index contributed by atoms with van der Waals surface area (Å²) in [6, 6.07) is 0.495. The Bertz CT molecular complexity index is 375. The summed E-state index contributed by atoms with van der Waals surface area (Å²) in [5.74, 6) is 1.61. The molecule has 1 aliphatic carbocycles. The first-order valence-corrected chi connectivity index (χ1v) is 9.50. The van der Waals surface area contributed by atoms with Crippen molar-refractivity contribution < 1.29 is 5.11 Å². The number of rotatable bonds is 6. The number of hydrogen-bond donors (Lipinski definition) is 3. The van der Waals surface area contributed by atoms with E-state index in [-0.39, 0.29) is 24.0 Å². The van der Waals surface area contributed by atoms with Crippen molar-refractivity contribution in [2.75, 3.05) is 32.7 Å². The van der Waals surface area contributed by atoms with Crippen LogP contribution in [0.5, 0.6) is 0 Å². The highest BCUT2D eigenvalue weighted by atomic mass is 127. The first-order valence-electron chi connectivity index (χ1n) is 9.50. The van der Waals surface area contributed by atoms with Crippen molar-refractivity contribution in [3.8, 4) is 0 Å². The summed E-state index contributed by atoms with van der Waals surface area (Å²) in [7, 11) is 0. The van der Waals surface area contributed by atoms with Crippen LogP contribution >= 0.6 is 24.0 Å². The Balaban J connectivity index is 0.00000288. The average molecular weight is 452 g/mol. The lowest BCUT2D eigenvalue weighted by Crippen LogP contribution is -2.49. The number of guanidine groups is 1. The maximum absolute atomic E-state index is 10.5. The van der Waals surface area contributed by atoms with Crippen LogP contribution in [-0.4, -0.2) is 60.3 Å². The molecule has 5 nitrogen and oxygen atoms in total. The molecule has 1 saturated heterocycles. The zero-order valence-electron chi connectivity index (χ0n) is 15.7. The molecule has 0 atom stereocenters. The van der Waals surface area contributed by atoms with Crippen LogP contribution in [0.15, 0.2) is 4.99 Å². The third-order valence-electron chi connectivity index (χ3n) is 4.96. The second kappa shape index (κ2) is 10.8. The maximum Gasteiger partial charge on any atom is 0.191 e. The van der Waals surface area contributed by atoms with Crippen molar-refractivity contribution in [2.24, 2.45) is 10.9 Å². The van der Waals surface area contributed by atoms with Crippen molar-refractivity contribution >= 4 is 29.9 Å². The van der Waals surface area contributed by atoms with Gasteiger partial charge in [-0.05, 0) is 38.5 Å². The lowest BCUT2D eigenvalue weighted by molar-refractivity contribution is 0.0573. The molecular weight excluding hydrogens is 415 g/mol. The topological polar surface area (TPSA) is 59.9 Å². The van der Waals surface area contributed by atoms with Crippen molar-refractivity contribution in [1.82, 2.24) is 15.5 Å². The fraction of sp³-hybridized carbons (Fsp3) is 0.944. The summed E-state index contributed by atoms with van der Waals surface area (Å²) < 4.78 is 0. The Morgan fingerprint density at radius 3 is 2.42 bits per heavy atom. The lowest BCUT2D eigenvalue weighted by atomic mass is 10.0. The Morgan fingerprint density at radius 1 is 1.25 bits per heavy atom. The molecule has 1 heterocycles. The second-order valence-electron chi connectivity index (χ2n) is 7.74. The SMILES string of the molecule is CCNC(=NCC1(O)CCCC1)NC1CCN(CC(C)C)CC1.I. The van der Waals surface area contributed by atoms with Crippen LogP contribution in [0.25, 0.3) is 0 Å². The molecule has 2 aliphatic rings. The van der Waals surface area contributed by atoms with Crippen LogP contribution in [0.1, 0.15) is 59.3 Å². The molecule has 1 saturated carbocycles. The van der Waals surface area contributed by atoms with Crippen molar-refractivity contribution in [1.29, 1.82) is 0 Å². The van der Waals surface area contributed by atoms with Gasteiger partial charge in [0.1, 0.15) is 0 Å². The highest BCUT2D eigenvalue weighted by Gasteiger charge is 2.31. The quantitative estimate of drug-likeness (QED) is 0.330. The Kier molecular flexibility index (Phi) is 9.89. The van der Waals surface area contributed by atoms with E-state index in [4.69, 9.17) is 0 Å². The van der Waals surface area contributed by atoms with Crippen LogP contribution in [0, 0.1) is 5.92 Å². The molecule has 0 aromatic carbocycles. The number of hydrogen-bond acceptors (Lipinski definition) is 3. The maximum atomic E-state index is 10.5. The number of aliphatic hydroxyl groups is 1. The molecule has 142 valence electrons. The van der Waals surface area contributed by atoms with E-state index < -0.39 is 5.60 Å². The molecule has 0 unspecified atom stereocenters. The fourth-order valence-corrected chi connectivity index (χ4v) is 3.71. The number of likely N-dealkylation sites (tertiary alicyclic amines) is 1. The van der Waals surface area contributed by atoms with Gasteiger partial charge >= 0.3 is 0 Å². The molecule has 1 aliphatic heterocycles. The fourth-order valence-electron chi connectivity index (χ4n) is 3.71. The molecule has 0 bridgehead atoms. The monoisotopic (exact) mass is 452 g/mol. The van der Waals surface area contributed by atoms with Crippen molar-refractivity contribution in [2.45, 2.75) is 70.9 Å². The molecule has 2 fully saturated rings. The first-order chi connectivity index (χ1) is 11.0. The summed E-state index contributed by atoms with van der Waals surface area (Å²) in [5.41, 5.74) is -0.566. The smallest absolute Gasteiger partial charge is 0.191 e. The summed E-state index contributed by atoms with van der Waals surface area (Å²) in [6.07, 6.45) is 6.38. The summed E-state index contributed by atoms with van der Waals surface area (Å²) >= 11 is 0. The van der Waals surface area contributed by atoms with Gasteiger partial charge in [0.25, 0.3) is 0 Å². The van der Waals surface area contributed by atoms with Gasteiger partial charge in [0, 0.05) is 32.2 Å². The Hall–Kier alpha value is -0.0800. The lowest BCUT2D eigenvalue weighted by Gasteiger charge is -2.34. The number of piperidine rings is 1. The zero-order valence-corrected chi connectivity index (χ0v) is 18.0. The predicted octanol–water partition coefficient (Wildman–Crippen LogP) is 2.59. The van der Waals surface area contributed by atoms with Gasteiger partial charge in [0.2, 0.25) is 0 Å². The highest BCUT2D eigenvalue weighted by molar-refractivity contribution is 14.0. The molecule has 0 aromatic rings. The van der Waals surface area contributed by atoms with E-state index in [2.05, 4.69) is 41.3 Å². The molecule has 0 aromatic heterocycles. The van der Waals surface area contributed by atoms with Crippen LogP contribution in [0.4, 0.5) is 0 Å². The average Bonchev–Trinajstić information content (AvgIpc) is 2.94. The zero-order chi connectivity index (χ0) is 16.7. The molecule has 3 N–H and O–H groups in total. The molecule has 24 heavy (non-hydrogen) atoms. The summed E-state index contributed by atoms with van der Waals surface area (Å²) in [5, 5.41) is 17.4.